The van der Waals surface area contributed by atoms with Gasteiger partial charge in [0.25, 0.3) is 0 Å². The molecule has 0 saturated heterocycles. The molecule has 0 radical (unpaired) electrons. The van der Waals surface area contributed by atoms with Gasteiger partial charge >= 0.3 is 0 Å². The zero-order valence-electron chi connectivity index (χ0n) is 9.16. The third-order valence-corrected chi connectivity index (χ3v) is 2.70. The van der Waals surface area contributed by atoms with Crippen LogP contribution >= 0.6 is 11.8 Å². The minimum absolute atomic E-state index is 0.624. The van der Waals surface area contributed by atoms with Crippen LogP contribution in [0.4, 0.5) is 0 Å². The summed E-state index contributed by atoms with van der Waals surface area (Å²) in [5.41, 5.74) is 2.70. The molecule has 0 aliphatic rings. The van der Waals surface area contributed by atoms with Crippen LogP contribution < -0.4 is 0 Å². The van der Waals surface area contributed by atoms with E-state index >= 15 is 0 Å². The van der Waals surface area contributed by atoms with E-state index in [1.54, 1.807) is 0 Å². The quantitative estimate of drug-likeness (QED) is 0.712. The summed E-state index contributed by atoms with van der Waals surface area (Å²) in [5.74, 6) is 1.71. The molecule has 0 N–H and O–H groups in total. The summed E-state index contributed by atoms with van der Waals surface area (Å²) in [4.78, 5) is 0. The Labute approximate surface area is 91.4 Å². The Balaban J connectivity index is 2.64. The smallest absolute Gasteiger partial charge is 0.0113 e. The van der Waals surface area contributed by atoms with E-state index < -0.39 is 0 Å². The van der Waals surface area contributed by atoms with Crippen LogP contribution in [0.3, 0.4) is 0 Å². The van der Waals surface area contributed by atoms with E-state index in [-0.39, 0.29) is 0 Å². The van der Waals surface area contributed by atoms with Crippen molar-refractivity contribution in [3.63, 3.8) is 0 Å². The molecule has 0 saturated carbocycles. The fraction of sp³-hybridized carbons (Fsp3) is 0.385. The van der Waals surface area contributed by atoms with Gasteiger partial charge in [-0.1, -0.05) is 50.3 Å². The monoisotopic (exact) mass is 206 g/mol. The van der Waals surface area contributed by atoms with Crippen LogP contribution in [-0.2, 0) is 0 Å². The van der Waals surface area contributed by atoms with E-state index in [9.17, 15) is 0 Å². The van der Waals surface area contributed by atoms with Crippen molar-refractivity contribution in [3.05, 3.63) is 41.5 Å². The SMILES string of the molecule is CSC/C=C/c1ccc(C(C)C)cc1. The Morgan fingerprint density at radius 1 is 1.21 bits per heavy atom. The summed E-state index contributed by atoms with van der Waals surface area (Å²) in [6, 6.07) is 8.80. The molecular formula is C13H18S. The molecule has 1 aromatic carbocycles. The molecule has 0 aliphatic carbocycles. The molecule has 0 aliphatic heterocycles. The van der Waals surface area contributed by atoms with Crippen molar-refractivity contribution < 1.29 is 0 Å². The third-order valence-electron chi connectivity index (χ3n) is 2.18. The second-order valence-corrected chi connectivity index (χ2v) is 4.59. The topological polar surface area (TPSA) is 0 Å². The Morgan fingerprint density at radius 3 is 2.36 bits per heavy atom. The van der Waals surface area contributed by atoms with Crippen LogP contribution in [0.25, 0.3) is 6.08 Å². The molecule has 14 heavy (non-hydrogen) atoms. The highest BCUT2D eigenvalue weighted by Gasteiger charge is 1.96. The maximum absolute atomic E-state index is 2.22. The zero-order valence-corrected chi connectivity index (χ0v) is 9.97. The Hall–Kier alpha value is -0.690. The van der Waals surface area contributed by atoms with Crippen molar-refractivity contribution in [2.75, 3.05) is 12.0 Å². The second-order valence-electron chi connectivity index (χ2n) is 3.68. The van der Waals surface area contributed by atoms with Gasteiger partial charge in [0.15, 0.2) is 0 Å². The highest BCUT2D eigenvalue weighted by atomic mass is 32.2. The van der Waals surface area contributed by atoms with Crippen molar-refractivity contribution in [2.45, 2.75) is 19.8 Å². The molecule has 0 fully saturated rings. The van der Waals surface area contributed by atoms with Crippen LogP contribution in [0.1, 0.15) is 30.9 Å². The highest BCUT2D eigenvalue weighted by Crippen LogP contribution is 2.15. The molecule has 0 heterocycles. The summed E-state index contributed by atoms with van der Waals surface area (Å²) in [7, 11) is 0. The predicted octanol–water partition coefficient (Wildman–Crippen LogP) is 4.19. The molecule has 0 spiro atoms. The van der Waals surface area contributed by atoms with Crippen LogP contribution in [-0.4, -0.2) is 12.0 Å². The highest BCUT2D eigenvalue weighted by molar-refractivity contribution is 7.98. The standard InChI is InChI=1S/C13H18S/c1-11(2)13-8-6-12(7-9-13)5-4-10-14-3/h4-9,11H,10H2,1-3H3/b5-4+. The van der Waals surface area contributed by atoms with E-state index in [2.05, 4.69) is 56.5 Å². The molecule has 0 amide bonds. The van der Waals surface area contributed by atoms with Crippen molar-refractivity contribution in [3.8, 4) is 0 Å². The van der Waals surface area contributed by atoms with Gasteiger partial charge in [-0.3, -0.25) is 0 Å². The van der Waals surface area contributed by atoms with Crippen LogP contribution in [0.5, 0.6) is 0 Å². The minimum Gasteiger partial charge on any atom is -0.161 e. The first-order chi connectivity index (χ1) is 6.74. The minimum atomic E-state index is 0.624. The van der Waals surface area contributed by atoms with Crippen LogP contribution in [0.2, 0.25) is 0 Å². The fourth-order valence-corrected chi connectivity index (χ4v) is 1.56. The van der Waals surface area contributed by atoms with E-state index in [0.717, 1.165) is 5.75 Å². The Kier molecular flexibility index (Phi) is 4.81. The molecule has 1 rings (SSSR count). The summed E-state index contributed by atoms with van der Waals surface area (Å²) in [6.45, 7) is 4.44. The van der Waals surface area contributed by atoms with Gasteiger partial charge in [-0.15, -0.1) is 0 Å². The lowest BCUT2D eigenvalue weighted by atomic mass is 10.0. The first-order valence-corrected chi connectivity index (χ1v) is 6.39. The van der Waals surface area contributed by atoms with Crippen LogP contribution in [0.15, 0.2) is 30.3 Å². The lowest BCUT2D eigenvalue weighted by Crippen LogP contribution is -1.85. The summed E-state index contributed by atoms with van der Waals surface area (Å²) in [6.07, 6.45) is 6.50. The van der Waals surface area contributed by atoms with Gasteiger partial charge in [0, 0.05) is 5.75 Å². The van der Waals surface area contributed by atoms with Crippen molar-refractivity contribution in [2.24, 2.45) is 0 Å². The van der Waals surface area contributed by atoms with Gasteiger partial charge in [0.05, 0.1) is 0 Å². The molecule has 0 bridgehead atoms. The Bertz CT molecular complexity index is 283. The second kappa shape index (κ2) is 5.92. The average Bonchev–Trinajstić information content (AvgIpc) is 2.19. The maximum Gasteiger partial charge on any atom is 0.0113 e. The largest absolute Gasteiger partial charge is 0.161 e. The maximum atomic E-state index is 2.22. The molecule has 0 unspecified atom stereocenters. The molecule has 0 aromatic heterocycles. The van der Waals surface area contributed by atoms with Gasteiger partial charge in [0.1, 0.15) is 0 Å². The molecule has 76 valence electrons. The lowest BCUT2D eigenvalue weighted by molar-refractivity contribution is 0.866. The number of benzene rings is 1. The number of hydrogen-bond donors (Lipinski definition) is 0. The molecule has 0 atom stereocenters. The molecule has 1 aromatic rings. The van der Waals surface area contributed by atoms with Crippen molar-refractivity contribution >= 4 is 17.8 Å². The summed E-state index contributed by atoms with van der Waals surface area (Å²) >= 11 is 1.84. The van der Waals surface area contributed by atoms with E-state index in [1.807, 2.05) is 11.8 Å². The molecule has 0 nitrogen and oxygen atoms in total. The van der Waals surface area contributed by atoms with Gasteiger partial charge in [-0.25, -0.2) is 0 Å². The van der Waals surface area contributed by atoms with E-state index in [4.69, 9.17) is 0 Å². The normalized spacial score (nSPS) is 11.4. The molecule has 1 heteroatoms. The average molecular weight is 206 g/mol. The Morgan fingerprint density at radius 2 is 1.86 bits per heavy atom. The summed E-state index contributed by atoms with van der Waals surface area (Å²) in [5, 5.41) is 0. The first kappa shape index (κ1) is 11.4. The zero-order chi connectivity index (χ0) is 10.4. The fourth-order valence-electron chi connectivity index (χ4n) is 1.27. The van der Waals surface area contributed by atoms with E-state index in [1.165, 1.54) is 11.1 Å². The van der Waals surface area contributed by atoms with Gasteiger partial charge in [0.2, 0.25) is 0 Å². The summed E-state index contributed by atoms with van der Waals surface area (Å²) < 4.78 is 0. The van der Waals surface area contributed by atoms with Crippen LogP contribution in [0, 0.1) is 0 Å². The number of rotatable bonds is 4. The third kappa shape index (κ3) is 3.59. The van der Waals surface area contributed by atoms with Gasteiger partial charge in [-0.05, 0) is 23.3 Å². The molecular weight excluding hydrogens is 188 g/mol. The predicted molar refractivity (Wildman–Crippen MR) is 67.9 cm³/mol. The van der Waals surface area contributed by atoms with Crippen molar-refractivity contribution in [1.82, 2.24) is 0 Å². The van der Waals surface area contributed by atoms with Gasteiger partial charge < -0.3 is 0 Å². The van der Waals surface area contributed by atoms with Crippen molar-refractivity contribution in [1.29, 1.82) is 0 Å². The lowest BCUT2D eigenvalue weighted by Gasteiger charge is -2.04. The number of hydrogen-bond acceptors (Lipinski definition) is 1. The number of thioether (sulfide) groups is 1. The van der Waals surface area contributed by atoms with E-state index in [0.29, 0.717) is 5.92 Å². The van der Waals surface area contributed by atoms with Gasteiger partial charge in [-0.2, -0.15) is 11.8 Å². The first-order valence-electron chi connectivity index (χ1n) is 4.99.